The third-order valence-corrected chi connectivity index (χ3v) is 4.41. The van der Waals surface area contributed by atoms with Gasteiger partial charge in [-0.25, -0.2) is 9.37 Å². The second kappa shape index (κ2) is 8.11. The van der Waals surface area contributed by atoms with Gasteiger partial charge in [-0.15, -0.1) is 0 Å². The molecule has 3 rings (SSSR count). The smallest absolute Gasteiger partial charge is 0.146 e. The number of nitrogens with one attached hydrogen (secondary N) is 1. The highest BCUT2D eigenvalue weighted by atomic mass is 19.1. The van der Waals surface area contributed by atoms with Crippen LogP contribution in [0.3, 0.4) is 0 Å². The van der Waals surface area contributed by atoms with E-state index >= 15 is 0 Å². The predicted octanol–water partition coefficient (Wildman–Crippen LogP) is 3.15. The van der Waals surface area contributed by atoms with Crippen LogP contribution in [0.15, 0.2) is 42.5 Å². The number of benzene rings is 1. The van der Waals surface area contributed by atoms with Crippen molar-refractivity contribution in [3.05, 3.63) is 54.0 Å². The molecular formula is C19H25FN4. The van der Waals surface area contributed by atoms with Crippen molar-refractivity contribution >= 4 is 11.5 Å². The first-order valence-corrected chi connectivity index (χ1v) is 8.62. The Morgan fingerprint density at radius 3 is 2.58 bits per heavy atom. The molecule has 1 aromatic heterocycles. The maximum atomic E-state index is 13.8. The van der Waals surface area contributed by atoms with Crippen molar-refractivity contribution in [1.29, 1.82) is 0 Å². The zero-order valence-electron chi connectivity index (χ0n) is 14.2. The van der Waals surface area contributed by atoms with Crippen molar-refractivity contribution in [2.45, 2.75) is 13.3 Å². The molecule has 4 nitrogen and oxygen atoms in total. The number of pyridine rings is 1. The lowest BCUT2D eigenvalue weighted by Gasteiger charge is -2.36. The minimum atomic E-state index is -0.124. The molecule has 0 radical (unpaired) electrons. The Labute approximate surface area is 143 Å². The fraction of sp³-hybridized carbons (Fsp3) is 0.421. The van der Waals surface area contributed by atoms with Gasteiger partial charge in [-0.2, -0.15) is 0 Å². The molecule has 0 spiro atoms. The normalized spacial score (nSPS) is 15.5. The van der Waals surface area contributed by atoms with Crippen molar-refractivity contribution in [2.75, 3.05) is 49.5 Å². The van der Waals surface area contributed by atoms with Crippen LogP contribution in [0.1, 0.15) is 12.1 Å². The average molecular weight is 328 g/mol. The van der Waals surface area contributed by atoms with E-state index in [9.17, 15) is 4.39 Å². The van der Waals surface area contributed by atoms with Gasteiger partial charge in [0.05, 0.1) is 5.69 Å². The van der Waals surface area contributed by atoms with E-state index in [0.29, 0.717) is 0 Å². The van der Waals surface area contributed by atoms with E-state index in [1.54, 1.807) is 6.07 Å². The van der Waals surface area contributed by atoms with Gasteiger partial charge in [0, 0.05) is 38.4 Å². The molecule has 1 N–H and O–H groups in total. The van der Waals surface area contributed by atoms with Crippen LogP contribution in [-0.2, 0) is 0 Å². The lowest BCUT2D eigenvalue weighted by molar-refractivity contribution is 0.256. The summed E-state index contributed by atoms with van der Waals surface area (Å²) >= 11 is 0. The maximum absolute atomic E-state index is 13.8. The van der Waals surface area contributed by atoms with Crippen LogP contribution in [0.25, 0.3) is 0 Å². The van der Waals surface area contributed by atoms with Crippen LogP contribution in [0.4, 0.5) is 15.9 Å². The molecule has 128 valence electrons. The summed E-state index contributed by atoms with van der Waals surface area (Å²) in [5.41, 5.74) is 1.76. The van der Waals surface area contributed by atoms with E-state index in [-0.39, 0.29) is 5.82 Å². The number of halogens is 1. The first-order valence-electron chi connectivity index (χ1n) is 8.62. The lowest BCUT2D eigenvalue weighted by atomic mass is 10.2. The topological polar surface area (TPSA) is 31.4 Å². The summed E-state index contributed by atoms with van der Waals surface area (Å²) in [4.78, 5) is 9.03. The van der Waals surface area contributed by atoms with E-state index < -0.39 is 0 Å². The third-order valence-electron chi connectivity index (χ3n) is 4.41. The van der Waals surface area contributed by atoms with Gasteiger partial charge in [0.1, 0.15) is 11.6 Å². The van der Waals surface area contributed by atoms with E-state index in [4.69, 9.17) is 0 Å². The molecular weight excluding hydrogens is 303 g/mol. The van der Waals surface area contributed by atoms with Crippen molar-refractivity contribution in [3.8, 4) is 0 Å². The van der Waals surface area contributed by atoms with Crippen LogP contribution < -0.4 is 10.2 Å². The molecule has 0 bridgehead atoms. The minimum absolute atomic E-state index is 0.124. The molecule has 0 aliphatic carbocycles. The fourth-order valence-corrected chi connectivity index (χ4v) is 3.08. The first kappa shape index (κ1) is 16.7. The summed E-state index contributed by atoms with van der Waals surface area (Å²) in [5, 5.41) is 3.37. The summed E-state index contributed by atoms with van der Waals surface area (Å²) in [6.45, 7) is 7.71. The number of aryl methyl sites for hydroxylation is 1. The Kier molecular flexibility index (Phi) is 5.64. The average Bonchev–Trinajstić information content (AvgIpc) is 2.60. The van der Waals surface area contributed by atoms with Gasteiger partial charge in [-0.3, -0.25) is 4.90 Å². The molecule has 0 unspecified atom stereocenters. The zero-order valence-corrected chi connectivity index (χ0v) is 14.2. The quantitative estimate of drug-likeness (QED) is 0.826. The Bertz CT molecular complexity index is 653. The van der Waals surface area contributed by atoms with Gasteiger partial charge in [0.25, 0.3) is 0 Å². The van der Waals surface area contributed by atoms with Gasteiger partial charge in [0.2, 0.25) is 0 Å². The van der Waals surface area contributed by atoms with E-state index in [2.05, 4.69) is 20.1 Å². The lowest BCUT2D eigenvalue weighted by Crippen LogP contribution is -2.47. The summed E-state index contributed by atoms with van der Waals surface area (Å²) in [6, 6.07) is 13.1. The van der Waals surface area contributed by atoms with E-state index in [1.807, 2.05) is 37.3 Å². The van der Waals surface area contributed by atoms with Crippen LogP contribution in [0.2, 0.25) is 0 Å². The Balaban J connectivity index is 1.38. The molecule has 5 heteroatoms. The van der Waals surface area contributed by atoms with Gasteiger partial charge in [-0.1, -0.05) is 18.2 Å². The number of piperazine rings is 1. The van der Waals surface area contributed by atoms with Crippen molar-refractivity contribution in [2.24, 2.45) is 0 Å². The number of hydrogen-bond donors (Lipinski definition) is 1. The molecule has 1 fully saturated rings. The number of hydrogen-bond acceptors (Lipinski definition) is 4. The second-order valence-electron chi connectivity index (χ2n) is 6.22. The van der Waals surface area contributed by atoms with E-state index in [1.165, 1.54) is 6.07 Å². The van der Waals surface area contributed by atoms with Crippen molar-refractivity contribution < 1.29 is 4.39 Å². The van der Waals surface area contributed by atoms with Gasteiger partial charge < -0.3 is 10.2 Å². The largest absolute Gasteiger partial charge is 0.370 e. The van der Waals surface area contributed by atoms with Crippen LogP contribution in [0, 0.1) is 12.7 Å². The zero-order chi connectivity index (χ0) is 16.8. The molecule has 1 aromatic carbocycles. The number of para-hydroxylation sites is 1. The van der Waals surface area contributed by atoms with Gasteiger partial charge in [0.15, 0.2) is 0 Å². The second-order valence-corrected chi connectivity index (χ2v) is 6.22. The summed E-state index contributed by atoms with van der Waals surface area (Å²) in [7, 11) is 0. The van der Waals surface area contributed by atoms with Crippen molar-refractivity contribution in [3.63, 3.8) is 0 Å². The third kappa shape index (κ3) is 4.45. The molecule has 0 atom stereocenters. The molecule has 0 amide bonds. The van der Waals surface area contributed by atoms with Crippen LogP contribution in [0.5, 0.6) is 0 Å². The first-order chi connectivity index (χ1) is 11.7. The Morgan fingerprint density at radius 1 is 1.04 bits per heavy atom. The number of nitrogens with zero attached hydrogens (tertiary/aromatic N) is 3. The highest BCUT2D eigenvalue weighted by molar-refractivity contribution is 5.48. The Hall–Kier alpha value is -2.14. The number of aromatic nitrogens is 1. The summed E-state index contributed by atoms with van der Waals surface area (Å²) in [6.07, 6.45) is 1.08. The summed E-state index contributed by atoms with van der Waals surface area (Å²) < 4.78 is 13.8. The predicted molar refractivity (Wildman–Crippen MR) is 97.1 cm³/mol. The van der Waals surface area contributed by atoms with Crippen LogP contribution >= 0.6 is 0 Å². The molecule has 2 aromatic rings. The molecule has 1 aliphatic heterocycles. The van der Waals surface area contributed by atoms with Gasteiger partial charge in [-0.05, 0) is 44.2 Å². The molecule has 0 saturated carbocycles. The van der Waals surface area contributed by atoms with Gasteiger partial charge >= 0.3 is 0 Å². The molecule has 1 aliphatic rings. The minimum Gasteiger partial charge on any atom is -0.370 e. The SMILES string of the molecule is Cc1cccc(NCCCN2CCN(c3ccccc3F)CC2)n1. The standard InChI is InChI=1S/C19H25FN4/c1-16-6-4-9-19(22-16)21-10-5-11-23-12-14-24(15-13-23)18-8-3-2-7-17(18)20/h2-4,6-9H,5,10-15H2,1H3,(H,21,22). The Morgan fingerprint density at radius 2 is 1.83 bits per heavy atom. The van der Waals surface area contributed by atoms with E-state index in [0.717, 1.165) is 62.9 Å². The molecule has 1 saturated heterocycles. The number of anilines is 2. The molecule has 2 heterocycles. The fourth-order valence-electron chi connectivity index (χ4n) is 3.08. The monoisotopic (exact) mass is 328 g/mol. The maximum Gasteiger partial charge on any atom is 0.146 e. The summed E-state index contributed by atoms with van der Waals surface area (Å²) in [5.74, 6) is 0.820. The highest BCUT2D eigenvalue weighted by Crippen LogP contribution is 2.20. The van der Waals surface area contributed by atoms with Crippen molar-refractivity contribution in [1.82, 2.24) is 9.88 Å². The van der Waals surface area contributed by atoms with Crippen LogP contribution in [-0.4, -0.2) is 49.2 Å². The molecule has 24 heavy (non-hydrogen) atoms. The highest BCUT2D eigenvalue weighted by Gasteiger charge is 2.18. The number of rotatable bonds is 6.